The quantitative estimate of drug-likeness (QED) is 0.103. The number of hydrogen-bond acceptors (Lipinski definition) is 2. The molecule has 0 radical (unpaired) electrons. The van der Waals surface area contributed by atoms with E-state index in [0.717, 1.165) is 6.42 Å². The Morgan fingerprint density at radius 2 is 1.22 bits per heavy atom. The first-order chi connectivity index (χ1) is 18.1. The molecule has 0 aliphatic carbocycles. The summed E-state index contributed by atoms with van der Waals surface area (Å²) in [5.74, 6) is 0.419. The predicted molar refractivity (Wildman–Crippen MR) is 164 cm³/mol. The summed E-state index contributed by atoms with van der Waals surface area (Å²) in [6, 6.07) is 21.0. The van der Waals surface area contributed by atoms with E-state index in [4.69, 9.17) is 9.47 Å². The zero-order valence-electron chi connectivity index (χ0n) is 24.3. The summed E-state index contributed by atoms with van der Waals surface area (Å²) >= 11 is -2.09. The van der Waals surface area contributed by atoms with E-state index in [1.54, 1.807) is 13.3 Å². The number of allylic oxidation sites excluding steroid dienone is 2. The molecule has 0 fully saturated rings. The molecule has 2 atom stereocenters. The van der Waals surface area contributed by atoms with Gasteiger partial charge in [0.2, 0.25) is 0 Å². The van der Waals surface area contributed by atoms with Crippen LogP contribution in [0.15, 0.2) is 72.8 Å². The van der Waals surface area contributed by atoms with E-state index in [-0.39, 0.29) is 6.10 Å². The molecular formula is C34H54O2Sn. The molecule has 0 saturated heterocycles. The summed E-state index contributed by atoms with van der Waals surface area (Å²) in [5.41, 5.74) is 2.44. The zero-order valence-corrected chi connectivity index (χ0v) is 27.2. The van der Waals surface area contributed by atoms with Crippen LogP contribution < -0.4 is 0 Å². The molecule has 0 spiro atoms. The Balaban J connectivity index is 1.97. The summed E-state index contributed by atoms with van der Waals surface area (Å²) in [6.45, 7) is 11.3. The summed E-state index contributed by atoms with van der Waals surface area (Å²) in [5, 5.41) is 0. The molecule has 0 unspecified atom stereocenters. The van der Waals surface area contributed by atoms with Crippen molar-refractivity contribution < 1.29 is 9.47 Å². The van der Waals surface area contributed by atoms with Gasteiger partial charge in [-0.2, -0.15) is 0 Å². The molecule has 3 heteroatoms. The summed E-state index contributed by atoms with van der Waals surface area (Å²) < 4.78 is 18.8. The molecular weight excluding hydrogens is 559 g/mol. The molecule has 0 amide bonds. The SMILES string of the molecule is CCC[CH2][Sn]([CH2]/C=C/C[C@@H](C)[C@H](COCc1ccccc1)OCc1ccccc1)([CH2]CCC)[CH2]CCC. The molecule has 2 rings (SSSR count). The van der Waals surface area contributed by atoms with Crippen molar-refractivity contribution in [1.29, 1.82) is 0 Å². The maximum absolute atomic E-state index is 6.44. The van der Waals surface area contributed by atoms with Gasteiger partial charge < -0.3 is 0 Å². The van der Waals surface area contributed by atoms with Gasteiger partial charge in [0.1, 0.15) is 0 Å². The van der Waals surface area contributed by atoms with Gasteiger partial charge in [0.15, 0.2) is 0 Å². The fraction of sp³-hybridized carbons (Fsp3) is 0.588. The van der Waals surface area contributed by atoms with E-state index in [1.807, 2.05) is 0 Å². The Kier molecular flexibility index (Phi) is 17.3. The molecule has 2 nitrogen and oxygen atoms in total. The van der Waals surface area contributed by atoms with Gasteiger partial charge in [-0.25, -0.2) is 0 Å². The number of hydrogen-bond donors (Lipinski definition) is 0. The van der Waals surface area contributed by atoms with Gasteiger partial charge in [-0.15, -0.1) is 0 Å². The van der Waals surface area contributed by atoms with Crippen molar-refractivity contribution in [3.05, 3.63) is 83.9 Å². The molecule has 37 heavy (non-hydrogen) atoms. The van der Waals surface area contributed by atoms with Crippen LogP contribution in [0.5, 0.6) is 0 Å². The van der Waals surface area contributed by atoms with Crippen molar-refractivity contribution in [3.63, 3.8) is 0 Å². The molecule has 0 aliphatic heterocycles. The van der Waals surface area contributed by atoms with E-state index in [2.05, 4.69) is 101 Å². The fourth-order valence-corrected chi connectivity index (χ4v) is 20.4. The van der Waals surface area contributed by atoms with Crippen molar-refractivity contribution in [2.24, 2.45) is 5.92 Å². The van der Waals surface area contributed by atoms with Crippen LogP contribution in [-0.4, -0.2) is 31.1 Å². The van der Waals surface area contributed by atoms with Crippen molar-refractivity contribution in [2.45, 2.75) is 110 Å². The van der Waals surface area contributed by atoms with Gasteiger partial charge in [0.05, 0.1) is 0 Å². The van der Waals surface area contributed by atoms with Crippen molar-refractivity contribution in [1.82, 2.24) is 0 Å². The van der Waals surface area contributed by atoms with Crippen LogP contribution in [0.1, 0.15) is 83.8 Å². The molecule has 0 saturated carbocycles. The number of unbranched alkanes of at least 4 members (excludes halogenated alkanes) is 3. The first-order valence-electron chi connectivity index (χ1n) is 15.0. The topological polar surface area (TPSA) is 18.5 Å². The molecule has 2 aromatic carbocycles. The fourth-order valence-electron chi connectivity index (χ4n) is 5.15. The van der Waals surface area contributed by atoms with Crippen LogP contribution in [0.3, 0.4) is 0 Å². The Labute approximate surface area is 233 Å². The second kappa shape index (κ2) is 19.9. The van der Waals surface area contributed by atoms with E-state index >= 15 is 0 Å². The Hall–Kier alpha value is -1.10. The van der Waals surface area contributed by atoms with Gasteiger partial charge in [-0.1, -0.05) is 6.07 Å². The third-order valence-corrected chi connectivity index (χ3v) is 23.0. The predicted octanol–water partition coefficient (Wildman–Crippen LogP) is 10.2. The second-order valence-corrected chi connectivity index (χ2v) is 25.0. The minimum absolute atomic E-state index is 0.0853. The first kappa shape index (κ1) is 32.1. The maximum atomic E-state index is 6.44. The van der Waals surface area contributed by atoms with Gasteiger partial charge in [0.25, 0.3) is 0 Å². The summed E-state index contributed by atoms with van der Waals surface area (Å²) in [4.78, 5) is 0. The Morgan fingerprint density at radius 3 is 1.73 bits per heavy atom. The van der Waals surface area contributed by atoms with E-state index in [9.17, 15) is 0 Å². The van der Waals surface area contributed by atoms with Crippen LogP contribution in [-0.2, 0) is 22.7 Å². The van der Waals surface area contributed by atoms with Crippen LogP contribution >= 0.6 is 0 Å². The van der Waals surface area contributed by atoms with Crippen LogP contribution in [0.25, 0.3) is 0 Å². The molecule has 0 N–H and O–H groups in total. The molecule has 0 bridgehead atoms. The molecule has 206 valence electrons. The third kappa shape index (κ3) is 13.5. The number of rotatable bonds is 21. The minimum atomic E-state index is -2.09. The molecule has 2 aromatic rings. The van der Waals surface area contributed by atoms with Gasteiger partial charge >= 0.3 is 228 Å². The van der Waals surface area contributed by atoms with Crippen LogP contribution in [0.2, 0.25) is 17.7 Å². The number of ether oxygens (including phenoxy) is 2. The summed E-state index contributed by atoms with van der Waals surface area (Å²) in [6.07, 6.45) is 14.6. The van der Waals surface area contributed by atoms with E-state index in [1.165, 1.54) is 54.1 Å². The standard InChI is InChI=1S/C22H27O2.3C4H9.Sn/c1-3-4-11-19(2)22(24-17-21-14-9-6-10-15-21)18-23-16-20-12-7-5-8-13-20;3*1-3-4-2;/h3-10,12-15,19,22H,1,11,16-18H2,2H3;3*1,3-4H2,2H3;/b4-3+;;;;/t19-,22+;;;;/m1..../s1. The Bertz CT molecular complexity index is 798. The van der Waals surface area contributed by atoms with Gasteiger partial charge in [-0.3, -0.25) is 0 Å². The molecule has 0 aliphatic rings. The molecule has 0 heterocycles. The molecule has 0 aromatic heterocycles. The number of benzene rings is 2. The monoisotopic (exact) mass is 614 g/mol. The van der Waals surface area contributed by atoms with Crippen LogP contribution in [0, 0.1) is 5.92 Å². The van der Waals surface area contributed by atoms with Crippen molar-refractivity contribution >= 4 is 18.4 Å². The van der Waals surface area contributed by atoms with Gasteiger partial charge in [0, 0.05) is 0 Å². The second-order valence-electron chi connectivity index (χ2n) is 11.0. The van der Waals surface area contributed by atoms with Crippen molar-refractivity contribution in [3.8, 4) is 0 Å². The van der Waals surface area contributed by atoms with Crippen molar-refractivity contribution in [2.75, 3.05) is 6.61 Å². The zero-order chi connectivity index (χ0) is 26.6. The average molecular weight is 614 g/mol. The van der Waals surface area contributed by atoms with E-state index < -0.39 is 18.4 Å². The third-order valence-electron chi connectivity index (χ3n) is 7.74. The summed E-state index contributed by atoms with van der Waals surface area (Å²) in [7, 11) is 0. The average Bonchev–Trinajstić information content (AvgIpc) is 2.94. The first-order valence-corrected chi connectivity index (χ1v) is 23.1. The Morgan fingerprint density at radius 1 is 0.703 bits per heavy atom. The normalized spacial score (nSPS) is 13.7. The van der Waals surface area contributed by atoms with E-state index in [0.29, 0.717) is 25.7 Å². The van der Waals surface area contributed by atoms with Gasteiger partial charge in [-0.05, 0) is 0 Å². The van der Waals surface area contributed by atoms with Crippen LogP contribution in [0.4, 0.5) is 0 Å².